The van der Waals surface area contributed by atoms with Crippen LogP contribution in [0.3, 0.4) is 0 Å². The zero-order valence-electron chi connectivity index (χ0n) is 9.76. The Bertz CT molecular complexity index is 315. The molecular weight excluding hydrogens is 189 g/mol. The summed E-state index contributed by atoms with van der Waals surface area (Å²) in [6.07, 6.45) is 1.52. The van der Waals surface area contributed by atoms with Crippen molar-refractivity contribution in [1.29, 1.82) is 0 Å². The molecule has 0 bridgehead atoms. The number of hydrogen-bond acceptors (Lipinski definition) is 1. The number of benzene rings is 1. The highest BCUT2D eigenvalue weighted by atomic mass is 19.1. The summed E-state index contributed by atoms with van der Waals surface area (Å²) in [6, 6.07) is 6.87. The topological polar surface area (TPSA) is 26.0 Å². The Morgan fingerprint density at radius 3 is 2.40 bits per heavy atom. The van der Waals surface area contributed by atoms with Crippen LogP contribution in [0.5, 0.6) is 0 Å². The number of hydrogen-bond donors (Lipinski definition) is 1. The molecule has 0 spiro atoms. The molecule has 0 amide bonds. The van der Waals surface area contributed by atoms with E-state index in [1.54, 1.807) is 12.1 Å². The summed E-state index contributed by atoms with van der Waals surface area (Å²) in [6.45, 7) is 6.44. The van der Waals surface area contributed by atoms with Crippen molar-refractivity contribution in [3.63, 3.8) is 0 Å². The summed E-state index contributed by atoms with van der Waals surface area (Å²) < 4.78 is 13.3. The first kappa shape index (κ1) is 12.2. The fourth-order valence-electron chi connectivity index (χ4n) is 1.81. The van der Waals surface area contributed by atoms with Crippen LogP contribution in [0.1, 0.15) is 32.8 Å². The van der Waals surface area contributed by atoms with E-state index in [1.165, 1.54) is 6.07 Å². The van der Waals surface area contributed by atoms with Crippen molar-refractivity contribution in [3.8, 4) is 0 Å². The van der Waals surface area contributed by atoms with Gasteiger partial charge in [-0.1, -0.05) is 39.0 Å². The van der Waals surface area contributed by atoms with Crippen LogP contribution in [0.4, 0.5) is 4.39 Å². The van der Waals surface area contributed by atoms with Gasteiger partial charge in [0.15, 0.2) is 0 Å². The van der Waals surface area contributed by atoms with Gasteiger partial charge in [0.2, 0.25) is 0 Å². The Hall–Kier alpha value is -0.890. The average Bonchev–Trinajstić information content (AvgIpc) is 2.05. The third-order valence-corrected chi connectivity index (χ3v) is 2.31. The first-order valence-electron chi connectivity index (χ1n) is 5.37. The zero-order valence-corrected chi connectivity index (χ0v) is 9.76. The second-order valence-electron chi connectivity index (χ2n) is 5.32. The molecule has 1 aromatic carbocycles. The van der Waals surface area contributed by atoms with E-state index in [1.807, 2.05) is 6.07 Å². The Kier molecular flexibility index (Phi) is 3.86. The van der Waals surface area contributed by atoms with Gasteiger partial charge in [0.25, 0.3) is 0 Å². The van der Waals surface area contributed by atoms with Gasteiger partial charge in [-0.15, -0.1) is 0 Å². The lowest BCUT2D eigenvalue weighted by Gasteiger charge is -2.23. The normalized spacial score (nSPS) is 13.9. The highest BCUT2D eigenvalue weighted by Gasteiger charge is 2.16. The molecule has 0 saturated heterocycles. The van der Waals surface area contributed by atoms with Crippen LogP contribution in [0.25, 0.3) is 0 Å². The second-order valence-corrected chi connectivity index (χ2v) is 5.32. The van der Waals surface area contributed by atoms with E-state index in [2.05, 4.69) is 20.8 Å². The van der Waals surface area contributed by atoms with Crippen LogP contribution in [0.15, 0.2) is 24.3 Å². The molecule has 15 heavy (non-hydrogen) atoms. The third kappa shape index (κ3) is 4.43. The van der Waals surface area contributed by atoms with Crippen molar-refractivity contribution in [2.75, 3.05) is 0 Å². The van der Waals surface area contributed by atoms with E-state index in [0.717, 1.165) is 6.42 Å². The van der Waals surface area contributed by atoms with E-state index < -0.39 is 0 Å². The summed E-state index contributed by atoms with van der Waals surface area (Å²) in [5, 5.41) is 0. The summed E-state index contributed by atoms with van der Waals surface area (Å²) in [7, 11) is 0. The average molecular weight is 209 g/mol. The van der Waals surface area contributed by atoms with Gasteiger partial charge in [-0.25, -0.2) is 4.39 Å². The summed E-state index contributed by atoms with van der Waals surface area (Å²) in [4.78, 5) is 0. The molecule has 0 fully saturated rings. The van der Waals surface area contributed by atoms with Crippen molar-refractivity contribution >= 4 is 0 Å². The summed E-state index contributed by atoms with van der Waals surface area (Å²) in [5.74, 6) is -0.151. The maximum atomic E-state index is 13.3. The number of nitrogens with two attached hydrogens (primary N) is 1. The van der Waals surface area contributed by atoms with Crippen LogP contribution in [0.2, 0.25) is 0 Å². The van der Waals surface area contributed by atoms with Crippen molar-refractivity contribution in [2.45, 2.75) is 39.7 Å². The van der Waals surface area contributed by atoms with Crippen molar-refractivity contribution in [1.82, 2.24) is 0 Å². The molecule has 0 aliphatic carbocycles. The van der Waals surface area contributed by atoms with Gasteiger partial charge in [0, 0.05) is 6.04 Å². The molecule has 0 heterocycles. The van der Waals surface area contributed by atoms with Crippen LogP contribution in [0, 0.1) is 11.2 Å². The molecule has 1 rings (SSSR count). The molecule has 84 valence electrons. The van der Waals surface area contributed by atoms with Gasteiger partial charge >= 0.3 is 0 Å². The fraction of sp³-hybridized carbons (Fsp3) is 0.538. The lowest BCUT2D eigenvalue weighted by molar-refractivity contribution is 0.337. The van der Waals surface area contributed by atoms with E-state index in [-0.39, 0.29) is 17.3 Å². The quantitative estimate of drug-likeness (QED) is 0.813. The van der Waals surface area contributed by atoms with Gasteiger partial charge in [-0.05, 0) is 29.9 Å². The highest BCUT2D eigenvalue weighted by molar-refractivity contribution is 5.18. The molecule has 1 unspecified atom stereocenters. The van der Waals surface area contributed by atoms with Gasteiger partial charge in [0.05, 0.1) is 0 Å². The van der Waals surface area contributed by atoms with Gasteiger partial charge in [0.1, 0.15) is 5.82 Å². The van der Waals surface area contributed by atoms with Crippen molar-refractivity contribution < 1.29 is 4.39 Å². The summed E-state index contributed by atoms with van der Waals surface area (Å²) >= 11 is 0. The van der Waals surface area contributed by atoms with E-state index in [9.17, 15) is 4.39 Å². The standard InChI is InChI=1S/C13H20FN/c1-13(2,3)9-11(15)8-10-6-4-5-7-12(10)14/h4-7,11H,8-9,15H2,1-3H3. The van der Waals surface area contributed by atoms with Crippen LogP contribution in [-0.2, 0) is 6.42 Å². The molecule has 0 aliphatic rings. The molecule has 0 aliphatic heterocycles. The van der Waals surface area contributed by atoms with Gasteiger partial charge in [-0.2, -0.15) is 0 Å². The van der Waals surface area contributed by atoms with E-state index >= 15 is 0 Å². The van der Waals surface area contributed by atoms with Crippen LogP contribution in [-0.4, -0.2) is 6.04 Å². The monoisotopic (exact) mass is 209 g/mol. The maximum absolute atomic E-state index is 13.3. The molecule has 1 atom stereocenters. The number of halogens is 1. The van der Waals surface area contributed by atoms with Crippen LogP contribution >= 0.6 is 0 Å². The molecule has 0 aromatic heterocycles. The molecule has 0 radical (unpaired) electrons. The zero-order chi connectivity index (χ0) is 11.5. The minimum Gasteiger partial charge on any atom is -0.327 e. The van der Waals surface area contributed by atoms with Crippen LogP contribution < -0.4 is 5.73 Å². The Morgan fingerprint density at radius 1 is 1.27 bits per heavy atom. The Labute approximate surface area is 91.5 Å². The molecule has 0 saturated carbocycles. The van der Waals surface area contributed by atoms with Gasteiger partial charge < -0.3 is 5.73 Å². The molecule has 1 aromatic rings. The van der Waals surface area contributed by atoms with E-state index in [4.69, 9.17) is 5.73 Å². The Morgan fingerprint density at radius 2 is 1.87 bits per heavy atom. The maximum Gasteiger partial charge on any atom is 0.126 e. The van der Waals surface area contributed by atoms with Gasteiger partial charge in [-0.3, -0.25) is 0 Å². The lowest BCUT2D eigenvalue weighted by Crippen LogP contribution is -2.28. The Balaban J connectivity index is 2.59. The lowest BCUT2D eigenvalue weighted by atomic mass is 9.86. The summed E-state index contributed by atoms with van der Waals surface area (Å²) in [5.41, 5.74) is 6.91. The molecule has 2 N–H and O–H groups in total. The largest absolute Gasteiger partial charge is 0.327 e. The third-order valence-electron chi connectivity index (χ3n) is 2.31. The first-order valence-corrected chi connectivity index (χ1v) is 5.37. The van der Waals surface area contributed by atoms with Crippen molar-refractivity contribution in [3.05, 3.63) is 35.6 Å². The smallest absolute Gasteiger partial charge is 0.126 e. The first-order chi connectivity index (χ1) is 6.88. The molecular formula is C13H20FN. The molecule has 1 nitrogen and oxygen atoms in total. The minimum absolute atomic E-state index is 0.0295. The minimum atomic E-state index is -0.151. The SMILES string of the molecule is CC(C)(C)CC(N)Cc1ccccc1F. The van der Waals surface area contributed by atoms with Crippen molar-refractivity contribution in [2.24, 2.45) is 11.1 Å². The highest BCUT2D eigenvalue weighted by Crippen LogP contribution is 2.22. The predicted molar refractivity (Wildman–Crippen MR) is 62.2 cm³/mol. The molecule has 2 heteroatoms. The van der Waals surface area contributed by atoms with E-state index in [0.29, 0.717) is 12.0 Å². The fourth-order valence-corrected chi connectivity index (χ4v) is 1.81. The number of rotatable bonds is 3. The second kappa shape index (κ2) is 4.75. The predicted octanol–water partition coefficient (Wildman–Crippen LogP) is 3.13.